The number of rotatable bonds is 3. The highest BCUT2D eigenvalue weighted by Crippen LogP contribution is 2.41. The largest absolute Gasteiger partial charge is 0.282 e. The van der Waals surface area contributed by atoms with Crippen LogP contribution < -0.4 is 0 Å². The number of allylic oxidation sites excluding steroid dienone is 3. The molecule has 1 aliphatic carbocycles. The monoisotopic (exact) mass is 290 g/mol. The molecule has 1 aromatic carbocycles. The van der Waals surface area contributed by atoms with E-state index in [2.05, 4.69) is 0 Å². The molecule has 0 aliphatic heterocycles. The zero-order valence-electron chi connectivity index (χ0n) is 11.7. The van der Waals surface area contributed by atoms with Crippen molar-refractivity contribution in [3.63, 3.8) is 0 Å². The van der Waals surface area contributed by atoms with E-state index in [1.54, 1.807) is 43.3 Å². The lowest BCUT2D eigenvalue weighted by Crippen LogP contribution is -2.39. The predicted octanol–water partition coefficient (Wildman–Crippen LogP) is 3.14. The first kappa shape index (κ1) is 14.7. The van der Waals surface area contributed by atoms with Gasteiger partial charge < -0.3 is 0 Å². The van der Waals surface area contributed by atoms with Gasteiger partial charge in [-0.2, -0.15) is 0 Å². The van der Waals surface area contributed by atoms with Gasteiger partial charge in [-0.3, -0.25) is 4.79 Å². The Morgan fingerprint density at radius 3 is 2.45 bits per heavy atom. The molecule has 20 heavy (non-hydrogen) atoms. The zero-order chi connectivity index (χ0) is 14.8. The number of sulfone groups is 1. The Morgan fingerprint density at radius 1 is 1.25 bits per heavy atom. The summed E-state index contributed by atoms with van der Waals surface area (Å²) in [6.45, 7) is 3.46. The molecule has 1 atom stereocenters. The van der Waals surface area contributed by atoms with Gasteiger partial charge in [0.15, 0.2) is 0 Å². The van der Waals surface area contributed by atoms with E-state index in [9.17, 15) is 13.2 Å². The van der Waals surface area contributed by atoms with Gasteiger partial charge in [-0.15, -0.1) is 0 Å². The Bertz CT molecular complexity index is 669. The summed E-state index contributed by atoms with van der Waals surface area (Å²) in [6, 6.07) is 8.96. The summed E-state index contributed by atoms with van der Waals surface area (Å²) in [5.41, 5.74) is 1.59. The molecule has 0 N–H and O–H groups in total. The molecule has 4 heteroatoms. The fourth-order valence-electron chi connectivity index (χ4n) is 2.55. The topological polar surface area (TPSA) is 51.2 Å². The van der Waals surface area contributed by atoms with Gasteiger partial charge in [-0.1, -0.05) is 61.1 Å². The van der Waals surface area contributed by atoms with Crippen LogP contribution in [0.25, 0.3) is 0 Å². The van der Waals surface area contributed by atoms with Gasteiger partial charge in [0, 0.05) is 6.42 Å². The molecule has 106 valence electrons. The number of benzene rings is 1. The Kier molecular flexibility index (Phi) is 3.95. The summed E-state index contributed by atoms with van der Waals surface area (Å²) in [5, 5.41) is -0.708. The van der Waals surface area contributed by atoms with E-state index < -0.39 is 19.7 Å². The lowest BCUT2D eigenvalue weighted by molar-refractivity contribution is -0.111. The van der Waals surface area contributed by atoms with Gasteiger partial charge in [-0.25, -0.2) is 8.42 Å². The summed E-state index contributed by atoms with van der Waals surface area (Å²) in [6.07, 6.45) is 5.56. The Morgan fingerprint density at radius 2 is 1.90 bits per heavy atom. The van der Waals surface area contributed by atoms with E-state index in [1.807, 2.05) is 19.1 Å². The van der Waals surface area contributed by atoms with Gasteiger partial charge in [-0.05, 0) is 18.9 Å². The minimum Gasteiger partial charge on any atom is -0.282 e. The van der Waals surface area contributed by atoms with Crippen molar-refractivity contribution in [2.45, 2.75) is 31.4 Å². The molecule has 1 aromatic rings. The van der Waals surface area contributed by atoms with Crippen molar-refractivity contribution in [1.29, 1.82) is 0 Å². The maximum atomic E-state index is 12.8. The van der Waals surface area contributed by atoms with Gasteiger partial charge in [0.25, 0.3) is 0 Å². The molecule has 0 heterocycles. The van der Waals surface area contributed by atoms with Crippen LogP contribution in [0.2, 0.25) is 0 Å². The predicted molar refractivity (Wildman–Crippen MR) is 79.9 cm³/mol. The van der Waals surface area contributed by atoms with Crippen molar-refractivity contribution in [2.24, 2.45) is 0 Å². The quantitative estimate of drug-likeness (QED) is 0.859. The highest BCUT2D eigenvalue weighted by atomic mass is 32.2. The Hall–Kier alpha value is -1.68. The van der Waals surface area contributed by atoms with Gasteiger partial charge in [0.2, 0.25) is 15.0 Å². The average Bonchev–Trinajstić information content (AvgIpc) is 2.47. The van der Waals surface area contributed by atoms with Crippen molar-refractivity contribution in [3.8, 4) is 0 Å². The second-order valence-electron chi connectivity index (χ2n) is 5.03. The standard InChI is InChI=1S/C16H18O3S/c1-3-15(17)20(18,19)16(11-7-8-13(2)12-16)14-9-5-4-6-10-14/h4-11H,3,12H2,1-2H3. The summed E-state index contributed by atoms with van der Waals surface area (Å²) >= 11 is 0. The summed E-state index contributed by atoms with van der Waals surface area (Å²) in [5.74, 6) is 0. The Labute approximate surface area is 119 Å². The van der Waals surface area contributed by atoms with Crippen LogP contribution in [0.4, 0.5) is 0 Å². The van der Waals surface area contributed by atoms with E-state index in [0.717, 1.165) is 5.57 Å². The van der Waals surface area contributed by atoms with E-state index >= 15 is 0 Å². The van der Waals surface area contributed by atoms with Crippen LogP contribution in [-0.2, 0) is 19.4 Å². The highest BCUT2D eigenvalue weighted by Gasteiger charge is 2.47. The summed E-state index contributed by atoms with van der Waals surface area (Å²) in [4.78, 5) is 12.0. The zero-order valence-corrected chi connectivity index (χ0v) is 12.5. The molecule has 2 rings (SSSR count). The number of hydrogen-bond acceptors (Lipinski definition) is 3. The minimum absolute atomic E-state index is 0.00643. The second kappa shape index (κ2) is 5.37. The summed E-state index contributed by atoms with van der Waals surface area (Å²) in [7, 11) is -3.93. The van der Waals surface area contributed by atoms with Crippen molar-refractivity contribution in [1.82, 2.24) is 0 Å². The molecular weight excluding hydrogens is 272 g/mol. The molecule has 0 saturated heterocycles. The molecule has 1 unspecified atom stereocenters. The molecular formula is C16H18O3S. The second-order valence-corrected chi connectivity index (χ2v) is 7.22. The van der Waals surface area contributed by atoms with Crippen LogP contribution in [0.5, 0.6) is 0 Å². The summed E-state index contributed by atoms with van der Waals surface area (Å²) < 4.78 is 24.2. The highest BCUT2D eigenvalue weighted by molar-refractivity contribution is 8.07. The maximum absolute atomic E-state index is 12.8. The van der Waals surface area contributed by atoms with Crippen molar-refractivity contribution in [2.75, 3.05) is 0 Å². The van der Waals surface area contributed by atoms with Crippen molar-refractivity contribution >= 4 is 15.0 Å². The molecule has 0 aromatic heterocycles. The van der Waals surface area contributed by atoms with Crippen LogP contribution >= 0.6 is 0 Å². The van der Waals surface area contributed by atoms with Gasteiger partial charge in [0.05, 0.1) is 0 Å². The molecule has 0 spiro atoms. The third kappa shape index (κ3) is 2.24. The van der Waals surface area contributed by atoms with Gasteiger partial charge >= 0.3 is 0 Å². The van der Waals surface area contributed by atoms with Crippen LogP contribution in [0.15, 0.2) is 54.1 Å². The molecule has 0 radical (unpaired) electrons. The molecule has 0 amide bonds. The normalized spacial score (nSPS) is 22.4. The third-order valence-electron chi connectivity index (χ3n) is 3.62. The van der Waals surface area contributed by atoms with Gasteiger partial charge in [0.1, 0.15) is 4.75 Å². The Balaban J connectivity index is 2.67. The van der Waals surface area contributed by atoms with E-state index in [4.69, 9.17) is 0 Å². The molecule has 1 aliphatic rings. The first-order valence-electron chi connectivity index (χ1n) is 6.62. The van der Waals surface area contributed by atoms with E-state index in [1.165, 1.54) is 0 Å². The SMILES string of the molecule is CCC(=O)S(=O)(=O)C1(c2ccccc2)C=CC=C(C)C1. The number of carbonyl (C=O) groups excluding carboxylic acids is 1. The van der Waals surface area contributed by atoms with Crippen molar-refractivity contribution < 1.29 is 13.2 Å². The molecule has 0 fully saturated rings. The fourth-order valence-corrected chi connectivity index (χ4v) is 4.46. The molecule has 0 saturated carbocycles. The first-order valence-corrected chi connectivity index (χ1v) is 8.10. The van der Waals surface area contributed by atoms with Crippen molar-refractivity contribution in [3.05, 3.63) is 59.7 Å². The number of carbonyl (C=O) groups is 1. The maximum Gasteiger partial charge on any atom is 0.247 e. The van der Waals surface area contributed by atoms with E-state index in [-0.39, 0.29) is 6.42 Å². The molecule has 3 nitrogen and oxygen atoms in total. The fraction of sp³-hybridized carbons (Fsp3) is 0.312. The first-order chi connectivity index (χ1) is 9.44. The third-order valence-corrected chi connectivity index (χ3v) is 5.98. The molecule has 0 bridgehead atoms. The lowest BCUT2D eigenvalue weighted by atomic mass is 9.88. The lowest BCUT2D eigenvalue weighted by Gasteiger charge is -2.32. The van der Waals surface area contributed by atoms with Crippen LogP contribution in [0, 0.1) is 0 Å². The van der Waals surface area contributed by atoms with Crippen LogP contribution in [-0.4, -0.2) is 13.5 Å². The minimum atomic E-state index is -3.93. The van der Waals surface area contributed by atoms with E-state index in [0.29, 0.717) is 12.0 Å². The number of hydrogen-bond donors (Lipinski definition) is 0. The average molecular weight is 290 g/mol. The smallest absolute Gasteiger partial charge is 0.247 e. The van der Waals surface area contributed by atoms with Crippen LogP contribution in [0.3, 0.4) is 0 Å². The van der Waals surface area contributed by atoms with Crippen LogP contribution in [0.1, 0.15) is 32.3 Å².